The summed E-state index contributed by atoms with van der Waals surface area (Å²) < 4.78 is 16.6. The Balaban J connectivity index is 1.69. The first kappa shape index (κ1) is 19.7. The molecule has 3 rings (SSSR count). The molecule has 0 radical (unpaired) electrons. The second-order valence-electron chi connectivity index (χ2n) is 6.68. The first-order valence-corrected chi connectivity index (χ1v) is 9.68. The van der Waals surface area contributed by atoms with Crippen molar-refractivity contribution in [3.05, 3.63) is 59.7 Å². The largest absolute Gasteiger partial charge is 0.493 e. The van der Waals surface area contributed by atoms with E-state index in [1.807, 2.05) is 13.0 Å². The zero-order chi connectivity index (χ0) is 18.9. The van der Waals surface area contributed by atoms with Gasteiger partial charge in [0.05, 0.1) is 26.9 Å². The van der Waals surface area contributed by atoms with Gasteiger partial charge in [0.15, 0.2) is 11.5 Å². The van der Waals surface area contributed by atoms with Crippen molar-refractivity contribution in [2.75, 3.05) is 46.6 Å². The van der Waals surface area contributed by atoms with Crippen molar-refractivity contribution in [3.8, 4) is 11.5 Å². The highest BCUT2D eigenvalue weighted by molar-refractivity contribution is 5.43. The van der Waals surface area contributed by atoms with Gasteiger partial charge in [0.25, 0.3) is 0 Å². The number of benzene rings is 2. The number of hydrogen-bond acceptors (Lipinski definition) is 5. The summed E-state index contributed by atoms with van der Waals surface area (Å²) in [5.41, 5.74) is 2.49. The summed E-state index contributed by atoms with van der Waals surface area (Å²) in [4.78, 5) is 2.47. The molecule has 0 spiro atoms. The van der Waals surface area contributed by atoms with Gasteiger partial charge in [-0.05, 0) is 30.2 Å². The van der Waals surface area contributed by atoms with E-state index >= 15 is 0 Å². The van der Waals surface area contributed by atoms with Gasteiger partial charge in [0.2, 0.25) is 0 Å². The minimum Gasteiger partial charge on any atom is -0.493 e. The van der Waals surface area contributed by atoms with Crippen LogP contribution in [0.15, 0.2) is 48.5 Å². The van der Waals surface area contributed by atoms with Gasteiger partial charge in [0.1, 0.15) is 0 Å². The van der Waals surface area contributed by atoms with Crippen LogP contribution in [0, 0.1) is 0 Å². The van der Waals surface area contributed by atoms with Gasteiger partial charge >= 0.3 is 0 Å². The highest BCUT2D eigenvalue weighted by Gasteiger charge is 2.18. The highest BCUT2D eigenvalue weighted by Crippen LogP contribution is 2.28. The Hall–Kier alpha value is -2.08. The molecule has 1 N–H and O–H groups in total. The fourth-order valence-electron chi connectivity index (χ4n) is 3.36. The number of ether oxygens (including phenoxy) is 3. The van der Waals surface area contributed by atoms with Gasteiger partial charge < -0.3 is 19.5 Å². The third kappa shape index (κ3) is 5.70. The third-order valence-corrected chi connectivity index (χ3v) is 4.83. The lowest BCUT2D eigenvalue weighted by Gasteiger charge is -2.31. The first-order valence-electron chi connectivity index (χ1n) is 9.68. The Morgan fingerprint density at radius 3 is 2.56 bits per heavy atom. The predicted octanol–water partition coefficient (Wildman–Crippen LogP) is 3.26. The Bertz CT molecular complexity index is 687. The molecule has 146 valence electrons. The van der Waals surface area contributed by atoms with Crippen molar-refractivity contribution >= 4 is 0 Å². The maximum atomic E-state index is 5.71. The van der Waals surface area contributed by atoms with E-state index in [1.54, 1.807) is 7.11 Å². The van der Waals surface area contributed by atoms with Crippen LogP contribution in [0.1, 0.15) is 24.1 Å². The molecule has 5 heteroatoms. The summed E-state index contributed by atoms with van der Waals surface area (Å²) in [5.74, 6) is 1.57. The summed E-state index contributed by atoms with van der Waals surface area (Å²) in [6.07, 6.45) is 0. The zero-order valence-corrected chi connectivity index (χ0v) is 16.3. The molecule has 2 aromatic rings. The maximum Gasteiger partial charge on any atom is 0.161 e. The van der Waals surface area contributed by atoms with Crippen LogP contribution in [0.5, 0.6) is 11.5 Å². The molecule has 0 bridgehead atoms. The molecule has 1 atom stereocenters. The Morgan fingerprint density at radius 2 is 1.85 bits per heavy atom. The van der Waals surface area contributed by atoms with Gasteiger partial charge in [-0.2, -0.15) is 0 Å². The minimum absolute atomic E-state index is 0.266. The Morgan fingerprint density at radius 1 is 1.07 bits per heavy atom. The van der Waals surface area contributed by atoms with Crippen LogP contribution in [0.2, 0.25) is 0 Å². The maximum absolute atomic E-state index is 5.71. The number of morpholine rings is 1. The highest BCUT2D eigenvalue weighted by atomic mass is 16.5. The molecule has 1 heterocycles. The molecular formula is C22H30N2O3. The van der Waals surface area contributed by atoms with E-state index in [4.69, 9.17) is 14.2 Å². The van der Waals surface area contributed by atoms with Crippen LogP contribution in [-0.4, -0.2) is 51.5 Å². The van der Waals surface area contributed by atoms with Gasteiger partial charge in [-0.3, -0.25) is 4.90 Å². The Kier molecular flexibility index (Phi) is 7.51. The second-order valence-corrected chi connectivity index (χ2v) is 6.68. The smallest absolute Gasteiger partial charge is 0.161 e. The number of nitrogens with one attached hydrogen (secondary N) is 1. The van der Waals surface area contributed by atoms with Gasteiger partial charge in [-0.1, -0.05) is 36.4 Å². The van der Waals surface area contributed by atoms with E-state index in [0.717, 1.165) is 50.9 Å². The van der Waals surface area contributed by atoms with E-state index in [1.165, 1.54) is 11.1 Å². The lowest BCUT2D eigenvalue weighted by atomic mass is 10.1. The summed E-state index contributed by atoms with van der Waals surface area (Å²) in [6, 6.07) is 17.0. The fourth-order valence-corrected chi connectivity index (χ4v) is 3.36. The quantitative estimate of drug-likeness (QED) is 0.734. The van der Waals surface area contributed by atoms with Crippen LogP contribution in [0.4, 0.5) is 0 Å². The third-order valence-electron chi connectivity index (χ3n) is 4.83. The van der Waals surface area contributed by atoms with Crippen molar-refractivity contribution in [2.45, 2.75) is 19.5 Å². The first-order chi connectivity index (χ1) is 13.3. The van der Waals surface area contributed by atoms with Gasteiger partial charge in [-0.25, -0.2) is 0 Å². The van der Waals surface area contributed by atoms with E-state index in [0.29, 0.717) is 6.61 Å². The molecule has 0 aliphatic carbocycles. The predicted molar refractivity (Wildman–Crippen MR) is 107 cm³/mol. The monoisotopic (exact) mass is 370 g/mol. The van der Waals surface area contributed by atoms with E-state index in [2.05, 4.69) is 52.7 Å². The average Bonchev–Trinajstić information content (AvgIpc) is 2.73. The molecule has 1 unspecified atom stereocenters. The molecular weight excluding hydrogens is 340 g/mol. The molecule has 1 aliphatic rings. The number of methoxy groups -OCH3 is 1. The minimum atomic E-state index is 0.266. The normalized spacial score (nSPS) is 16.1. The summed E-state index contributed by atoms with van der Waals surface area (Å²) >= 11 is 0. The number of hydrogen-bond donors (Lipinski definition) is 1. The summed E-state index contributed by atoms with van der Waals surface area (Å²) in [7, 11) is 1.67. The van der Waals surface area contributed by atoms with Crippen molar-refractivity contribution < 1.29 is 14.2 Å². The molecule has 1 aliphatic heterocycles. The fraction of sp³-hybridized carbons (Fsp3) is 0.455. The van der Waals surface area contributed by atoms with Crippen molar-refractivity contribution in [1.29, 1.82) is 0 Å². The van der Waals surface area contributed by atoms with Gasteiger partial charge in [0, 0.05) is 32.2 Å². The molecule has 2 aromatic carbocycles. The molecule has 0 aromatic heterocycles. The van der Waals surface area contributed by atoms with Crippen molar-refractivity contribution in [3.63, 3.8) is 0 Å². The molecule has 5 nitrogen and oxygen atoms in total. The molecule has 27 heavy (non-hydrogen) atoms. The van der Waals surface area contributed by atoms with Crippen LogP contribution >= 0.6 is 0 Å². The topological polar surface area (TPSA) is 43.0 Å². The molecule has 1 saturated heterocycles. The summed E-state index contributed by atoms with van der Waals surface area (Å²) in [5, 5.41) is 3.73. The summed E-state index contributed by atoms with van der Waals surface area (Å²) in [6.45, 7) is 7.96. The van der Waals surface area contributed by atoms with Crippen LogP contribution in [0.25, 0.3) is 0 Å². The number of nitrogens with zero attached hydrogens (tertiary/aromatic N) is 1. The van der Waals surface area contributed by atoms with Crippen LogP contribution < -0.4 is 14.8 Å². The molecule has 1 fully saturated rings. The lowest BCUT2D eigenvalue weighted by Crippen LogP contribution is -2.41. The lowest BCUT2D eigenvalue weighted by molar-refractivity contribution is 0.0333. The standard InChI is InChI=1S/C22H30N2O3/c1-3-27-22-15-18(9-10-21(22)25-2)16-23-20(19-7-5-4-6-8-19)17-24-11-13-26-14-12-24/h4-10,15,20,23H,3,11-14,16-17H2,1-2H3. The van der Waals surface area contributed by atoms with Gasteiger partial charge in [-0.15, -0.1) is 0 Å². The van der Waals surface area contributed by atoms with Crippen molar-refractivity contribution in [1.82, 2.24) is 10.2 Å². The van der Waals surface area contributed by atoms with E-state index in [9.17, 15) is 0 Å². The number of rotatable bonds is 9. The van der Waals surface area contributed by atoms with Crippen LogP contribution in [-0.2, 0) is 11.3 Å². The van der Waals surface area contributed by atoms with Crippen LogP contribution in [0.3, 0.4) is 0 Å². The average molecular weight is 370 g/mol. The van der Waals surface area contributed by atoms with Crippen molar-refractivity contribution in [2.24, 2.45) is 0 Å². The Labute approximate surface area is 162 Å². The molecule has 0 amide bonds. The van der Waals surface area contributed by atoms with E-state index in [-0.39, 0.29) is 6.04 Å². The molecule has 0 saturated carbocycles. The zero-order valence-electron chi connectivity index (χ0n) is 16.3. The SMILES string of the molecule is CCOc1cc(CNC(CN2CCOCC2)c2ccccc2)ccc1OC. The van der Waals surface area contributed by atoms with E-state index < -0.39 is 0 Å². The second kappa shape index (κ2) is 10.3.